The molecular weight excluding hydrogens is 227 g/mol. The zero-order chi connectivity index (χ0) is 13.4. The van der Waals surface area contributed by atoms with E-state index in [0.29, 0.717) is 18.8 Å². The second kappa shape index (κ2) is 8.02. The number of benzene rings is 1. The van der Waals surface area contributed by atoms with Crippen molar-refractivity contribution in [1.82, 2.24) is 0 Å². The first kappa shape index (κ1) is 14.9. The molecule has 1 aromatic rings. The first-order valence-electron chi connectivity index (χ1n) is 6.91. The van der Waals surface area contributed by atoms with E-state index in [1.165, 1.54) is 25.0 Å². The molecule has 1 rings (SSSR count). The van der Waals surface area contributed by atoms with Crippen LogP contribution in [0.15, 0.2) is 24.3 Å². The molecule has 1 nitrogen and oxygen atoms in total. The Balaban J connectivity index is 2.45. The monoisotopic (exact) mass is 250 g/mol. The van der Waals surface area contributed by atoms with Crippen LogP contribution in [-0.2, 0) is 11.2 Å². The zero-order valence-electron chi connectivity index (χ0n) is 11.4. The molecule has 1 aromatic carbocycles. The Morgan fingerprint density at radius 1 is 1.33 bits per heavy atom. The lowest BCUT2D eigenvalue weighted by atomic mass is 9.92. The maximum absolute atomic E-state index is 13.0. The Morgan fingerprint density at radius 2 is 2.11 bits per heavy atom. The highest BCUT2D eigenvalue weighted by molar-refractivity contribution is 5.81. The molecule has 18 heavy (non-hydrogen) atoms. The van der Waals surface area contributed by atoms with Gasteiger partial charge in [0.2, 0.25) is 0 Å². The van der Waals surface area contributed by atoms with Crippen molar-refractivity contribution >= 4 is 5.78 Å². The normalized spacial score (nSPS) is 12.4. The molecule has 0 heterocycles. The molecule has 1 atom stereocenters. The van der Waals surface area contributed by atoms with Gasteiger partial charge in [-0.15, -0.1) is 0 Å². The van der Waals surface area contributed by atoms with Gasteiger partial charge in [-0.05, 0) is 23.6 Å². The van der Waals surface area contributed by atoms with E-state index in [0.717, 1.165) is 18.4 Å². The highest BCUT2D eigenvalue weighted by atomic mass is 19.1. The topological polar surface area (TPSA) is 17.1 Å². The van der Waals surface area contributed by atoms with Crippen LogP contribution in [-0.4, -0.2) is 5.78 Å². The molecule has 1 unspecified atom stereocenters. The van der Waals surface area contributed by atoms with Crippen molar-refractivity contribution in [1.29, 1.82) is 0 Å². The lowest BCUT2D eigenvalue weighted by molar-refractivity contribution is -0.119. The average Bonchev–Trinajstić information content (AvgIpc) is 2.34. The first-order chi connectivity index (χ1) is 8.65. The fourth-order valence-electron chi connectivity index (χ4n) is 2.21. The highest BCUT2D eigenvalue weighted by Crippen LogP contribution is 2.18. The Hall–Kier alpha value is -1.18. The van der Waals surface area contributed by atoms with E-state index in [1.807, 2.05) is 6.07 Å². The highest BCUT2D eigenvalue weighted by Gasteiger charge is 2.12. The largest absolute Gasteiger partial charge is 0.299 e. The lowest BCUT2D eigenvalue weighted by Crippen LogP contribution is -2.10. The summed E-state index contributed by atoms with van der Waals surface area (Å²) >= 11 is 0. The molecule has 0 saturated carbocycles. The molecule has 0 aliphatic heterocycles. The molecule has 0 aromatic heterocycles. The minimum absolute atomic E-state index is 0.226. The van der Waals surface area contributed by atoms with E-state index in [9.17, 15) is 9.18 Å². The van der Waals surface area contributed by atoms with E-state index >= 15 is 0 Å². The van der Waals surface area contributed by atoms with E-state index in [-0.39, 0.29) is 11.6 Å². The Labute approximate surface area is 109 Å². The van der Waals surface area contributed by atoms with Crippen LogP contribution >= 0.6 is 0 Å². The molecule has 0 aliphatic carbocycles. The summed E-state index contributed by atoms with van der Waals surface area (Å²) in [7, 11) is 0. The van der Waals surface area contributed by atoms with Gasteiger partial charge < -0.3 is 0 Å². The van der Waals surface area contributed by atoms with Gasteiger partial charge in [0, 0.05) is 12.8 Å². The van der Waals surface area contributed by atoms with E-state index in [4.69, 9.17) is 0 Å². The van der Waals surface area contributed by atoms with E-state index in [1.54, 1.807) is 6.07 Å². The van der Waals surface area contributed by atoms with Crippen molar-refractivity contribution in [2.24, 2.45) is 5.92 Å². The van der Waals surface area contributed by atoms with Gasteiger partial charge in [0.25, 0.3) is 0 Å². The maximum atomic E-state index is 13.0. The number of hydrogen-bond acceptors (Lipinski definition) is 1. The van der Waals surface area contributed by atoms with Crippen molar-refractivity contribution in [3.63, 3.8) is 0 Å². The molecule has 0 fully saturated rings. The maximum Gasteiger partial charge on any atom is 0.137 e. The standard InChI is InChI=1S/C16H23FO/c1-3-5-7-13(4-2)11-16(18)12-14-8-6-9-15(17)10-14/h6,8-10,13H,3-5,7,11-12H2,1-2H3. The van der Waals surface area contributed by atoms with Gasteiger partial charge in [-0.2, -0.15) is 0 Å². The van der Waals surface area contributed by atoms with Gasteiger partial charge in [0.15, 0.2) is 0 Å². The number of rotatable bonds is 8. The molecule has 0 bridgehead atoms. The molecule has 2 heteroatoms. The van der Waals surface area contributed by atoms with Crippen molar-refractivity contribution in [2.45, 2.75) is 52.4 Å². The molecule has 0 spiro atoms. The number of carbonyl (C=O) groups excluding carboxylic acids is 1. The van der Waals surface area contributed by atoms with Crippen LogP contribution in [0.25, 0.3) is 0 Å². The van der Waals surface area contributed by atoms with Gasteiger partial charge in [-0.3, -0.25) is 4.79 Å². The van der Waals surface area contributed by atoms with Gasteiger partial charge in [0.1, 0.15) is 11.6 Å². The second-order valence-electron chi connectivity index (χ2n) is 4.97. The summed E-state index contributed by atoms with van der Waals surface area (Å²) in [6.45, 7) is 4.30. The van der Waals surface area contributed by atoms with Gasteiger partial charge in [-0.25, -0.2) is 4.39 Å². The number of halogens is 1. The van der Waals surface area contributed by atoms with Crippen molar-refractivity contribution in [3.05, 3.63) is 35.6 Å². The minimum atomic E-state index is -0.265. The van der Waals surface area contributed by atoms with Crippen LogP contribution in [0, 0.1) is 11.7 Å². The first-order valence-corrected chi connectivity index (χ1v) is 6.91. The molecule has 0 radical (unpaired) electrons. The number of carbonyl (C=O) groups is 1. The zero-order valence-corrected chi connectivity index (χ0v) is 11.4. The molecule has 0 saturated heterocycles. The van der Waals surface area contributed by atoms with Crippen molar-refractivity contribution in [3.8, 4) is 0 Å². The second-order valence-corrected chi connectivity index (χ2v) is 4.97. The summed E-state index contributed by atoms with van der Waals surface area (Å²) in [5.41, 5.74) is 0.783. The Morgan fingerprint density at radius 3 is 2.72 bits per heavy atom. The van der Waals surface area contributed by atoms with E-state index in [2.05, 4.69) is 13.8 Å². The Kier molecular flexibility index (Phi) is 6.63. The van der Waals surface area contributed by atoms with Crippen LogP contribution in [0.5, 0.6) is 0 Å². The summed E-state index contributed by atoms with van der Waals surface area (Å²) < 4.78 is 13.0. The number of hydrogen-bond donors (Lipinski definition) is 0. The van der Waals surface area contributed by atoms with E-state index < -0.39 is 0 Å². The SMILES string of the molecule is CCCCC(CC)CC(=O)Cc1cccc(F)c1. The molecule has 0 N–H and O–H groups in total. The fourth-order valence-corrected chi connectivity index (χ4v) is 2.21. The van der Waals surface area contributed by atoms with Crippen molar-refractivity contribution < 1.29 is 9.18 Å². The molecule has 0 amide bonds. The van der Waals surface area contributed by atoms with Crippen LogP contribution in [0.3, 0.4) is 0 Å². The third kappa shape index (κ3) is 5.44. The number of ketones is 1. The molecular formula is C16H23FO. The third-order valence-electron chi connectivity index (χ3n) is 3.35. The molecule has 100 valence electrons. The van der Waals surface area contributed by atoms with Crippen LogP contribution < -0.4 is 0 Å². The quantitative estimate of drug-likeness (QED) is 0.661. The van der Waals surface area contributed by atoms with Gasteiger partial charge in [-0.1, -0.05) is 51.7 Å². The summed E-state index contributed by atoms with van der Waals surface area (Å²) in [6.07, 6.45) is 5.53. The smallest absolute Gasteiger partial charge is 0.137 e. The van der Waals surface area contributed by atoms with Crippen LogP contribution in [0.2, 0.25) is 0 Å². The lowest BCUT2D eigenvalue weighted by Gasteiger charge is -2.13. The average molecular weight is 250 g/mol. The van der Waals surface area contributed by atoms with Gasteiger partial charge in [0.05, 0.1) is 0 Å². The van der Waals surface area contributed by atoms with Crippen LogP contribution in [0.1, 0.15) is 51.5 Å². The molecule has 0 aliphatic rings. The van der Waals surface area contributed by atoms with Gasteiger partial charge >= 0.3 is 0 Å². The third-order valence-corrected chi connectivity index (χ3v) is 3.35. The van der Waals surface area contributed by atoms with Crippen molar-refractivity contribution in [2.75, 3.05) is 0 Å². The predicted molar refractivity (Wildman–Crippen MR) is 73.0 cm³/mol. The number of unbranched alkanes of at least 4 members (excludes halogenated alkanes) is 1. The summed E-state index contributed by atoms with van der Waals surface area (Å²) in [4.78, 5) is 11.9. The predicted octanol–water partition coefficient (Wildman–Crippen LogP) is 4.54. The van der Waals surface area contributed by atoms with Crippen LogP contribution in [0.4, 0.5) is 4.39 Å². The minimum Gasteiger partial charge on any atom is -0.299 e. The Bertz CT molecular complexity index is 373. The summed E-state index contributed by atoms with van der Waals surface area (Å²) in [5, 5.41) is 0. The fraction of sp³-hybridized carbons (Fsp3) is 0.562. The summed E-state index contributed by atoms with van der Waals surface area (Å²) in [6, 6.07) is 6.33. The number of Topliss-reactive ketones (excluding diaryl/α,β-unsaturated/α-hetero) is 1. The summed E-state index contributed by atoms with van der Waals surface area (Å²) in [5.74, 6) is 0.452.